The number of nitrogens with one attached hydrogen (secondary N) is 2. The molecule has 0 saturated carbocycles. The molecule has 14 nitrogen and oxygen atoms in total. The summed E-state index contributed by atoms with van der Waals surface area (Å²) in [5.41, 5.74) is 8.39. The van der Waals surface area contributed by atoms with Crippen LogP contribution in [0.4, 0.5) is 26.3 Å². The predicted molar refractivity (Wildman–Crippen MR) is 354 cm³/mol. The summed E-state index contributed by atoms with van der Waals surface area (Å²) in [5.74, 6) is -5.01. The van der Waals surface area contributed by atoms with Crippen LogP contribution in [-0.4, -0.2) is 106 Å². The number of hydrogen-bond acceptors (Lipinski definition) is 9. The van der Waals surface area contributed by atoms with Gasteiger partial charge in [0.1, 0.15) is 47.7 Å². The molecule has 0 radical (unpaired) electrons. The third-order valence-electron chi connectivity index (χ3n) is 17.9. The molecule has 508 valence electrons. The highest BCUT2D eigenvalue weighted by molar-refractivity contribution is 5.83. The first-order valence-corrected chi connectivity index (χ1v) is 32.6. The summed E-state index contributed by atoms with van der Waals surface area (Å²) in [6.07, 6.45) is 3.51. The van der Waals surface area contributed by atoms with E-state index in [1.165, 1.54) is 51.6 Å². The van der Waals surface area contributed by atoms with Gasteiger partial charge in [-0.1, -0.05) is 27.7 Å². The van der Waals surface area contributed by atoms with Gasteiger partial charge in [0.2, 0.25) is 11.8 Å². The molecule has 2 fully saturated rings. The molecule has 2 saturated heterocycles. The number of carbonyl (C=O) groups excluding carboxylic acids is 3. The monoisotopic (exact) mass is 1310 g/mol. The van der Waals surface area contributed by atoms with Gasteiger partial charge in [-0.3, -0.25) is 28.8 Å². The highest BCUT2D eigenvalue weighted by atomic mass is 19.2. The van der Waals surface area contributed by atoms with Crippen molar-refractivity contribution in [3.8, 4) is 22.3 Å². The summed E-state index contributed by atoms with van der Waals surface area (Å²) < 4.78 is 95.4. The van der Waals surface area contributed by atoms with Crippen LogP contribution in [0.25, 0.3) is 22.3 Å². The van der Waals surface area contributed by atoms with Crippen molar-refractivity contribution in [3.63, 3.8) is 0 Å². The van der Waals surface area contributed by atoms with Crippen molar-refractivity contribution in [3.05, 3.63) is 184 Å². The molecule has 0 aliphatic carbocycles. The van der Waals surface area contributed by atoms with Crippen molar-refractivity contribution in [2.75, 3.05) is 45.9 Å². The minimum atomic E-state index is -1.25. The lowest BCUT2D eigenvalue weighted by atomic mass is 9.90. The Bertz CT molecular complexity index is 3820. The molecule has 2 aliphatic heterocycles. The molecule has 6 aromatic rings. The summed E-state index contributed by atoms with van der Waals surface area (Å²) in [4.78, 5) is 83.9. The number of aryl methyl sites for hydroxylation is 8. The molecule has 0 bridgehead atoms. The number of esters is 1. The number of pyridine rings is 2. The summed E-state index contributed by atoms with van der Waals surface area (Å²) in [7, 11) is 0. The van der Waals surface area contributed by atoms with E-state index in [-0.39, 0.29) is 64.9 Å². The highest BCUT2D eigenvalue weighted by Gasteiger charge is 2.33. The van der Waals surface area contributed by atoms with Crippen LogP contribution in [0.3, 0.4) is 0 Å². The van der Waals surface area contributed by atoms with E-state index in [2.05, 4.69) is 15.5 Å². The summed E-state index contributed by atoms with van der Waals surface area (Å²) >= 11 is 0. The molecule has 4 heterocycles. The van der Waals surface area contributed by atoms with Crippen LogP contribution in [-0.2, 0) is 36.8 Å². The smallest absolute Gasteiger partial charge is 0.308 e. The maximum atomic E-state index is 16.0. The Hall–Kier alpha value is -7.84. The number of aromatic nitrogens is 2. The van der Waals surface area contributed by atoms with Crippen molar-refractivity contribution >= 4 is 23.8 Å². The van der Waals surface area contributed by atoms with Gasteiger partial charge in [-0.25, -0.2) is 26.3 Å². The van der Waals surface area contributed by atoms with Crippen molar-refractivity contribution in [2.45, 2.75) is 178 Å². The number of aliphatic carboxylic acids is 1. The number of alkyl halides is 2. The zero-order valence-electron chi connectivity index (χ0n) is 56.5. The Balaban J connectivity index is 0.000000266. The van der Waals surface area contributed by atoms with E-state index in [1.807, 2.05) is 46.4 Å². The number of halogens is 6. The number of nitrogens with zero attached hydrogens (tertiary/aromatic N) is 4. The maximum Gasteiger partial charge on any atom is 0.308 e. The summed E-state index contributed by atoms with van der Waals surface area (Å²) in [6, 6.07) is 10.7. The summed E-state index contributed by atoms with van der Waals surface area (Å²) in [6.45, 7) is 26.7. The number of carboxylic acids is 1. The van der Waals surface area contributed by atoms with Crippen LogP contribution < -0.4 is 21.8 Å². The first kappa shape index (κ1) is 73.6. The number of rotatable bonds is 25. The second-order valence-corrected chi connectivity index (χ2v) is 26.6. The Morgan fingerprint density at radius 1 is 0.543 bits per heavy atom. The number of hydrogen-bond donors (Lipinski definition) is 3. The van der Waals surface area contributed by atoms with E-state index in [9.17, 15) is 51.4 Å². The predicted octanol–water partition coefficient (Wildman–Crippen LogP) is 13.5. The minimum Gasteiger partial charge on any atom is -0.481 e. The van der Waals surface area contributed by atoms with Crippen molar-refractivity contribution in [1.82, 2.24) is 29.6 Å². The molecule has 2 amide bonds. The van der Waals surface area contributed by atoms with Gasteiger partial charge in [0.05, 0.1) is 31.5 Å². The normalized spacial score (nSPS) is 16.4. The first-order chi connectivity index (χ1) is 44.3. The van der Waals surface area contributed by atoms with E-state index in [1.54, 1.807) is 79.1 Å². The third kappa shape index (κ3) is 19.0. The molecular formula is C74H92F6N6O8. The number of carbonyl (C=O) groups is 4. The molecule has 8 rings (SSSR count). The third-order valence-corrected chi connectivity index (χ3v) is 17.9. The fraction of sp³-hybridized carbons (Fsp3) is 0.486. The van der Waals surface area contributed by atoms with Gasteiger partial charge >= 0.3 is 11.9 Å². The highest BCUT2D eigenvalue weighted by Crippen LogP contribution is 2.37. The van der Waals surface area contributed by atoms with E-state index in [0.29, 0.717) is 116 Å². The van der Waals surface area contributed by atoms with E-state index < -0.39 is 84.1 Å². The van der Waals surface area contributed by atoms with Gasteiger partial charge in [0, 0.05) is 74.9 Å². The minimum absolute atomic E-state index is 0.00843. The number of ether oxygens (including phenoxy) is 1. The standard InChI is InChI=1S/C38H48F3N3O4.C36H44F3N3O4/c1-8-48-35(46)19-32(31-18-28(14-26(7)37(31)41)36-24(5)15-30(40)16-25(36)6)42-38(47)33(13-22(2)3)44-20-27(23(4)17-34(44)45)9-11-43-12-10-29(39)21-43;1-20(2)11-31(42-18-25(21(3)15-32(42)43)7-9-41-10-8-27(37)19-41)36(46)40-30(17-33(44)45)29-16-26(12-24(6)35(29)39)34-22(4)13-28(38)14-23(34)5/h14-18,20,22,29,32-33H,8-13,19,21H2,1-7H3,(H,42,47);12-16,18,20,27,30-31H,7-11,17,19H2,1-6H3,(H,40,46)(H,44,45)/t29-,32+,33?;27-,30+,31?/m11/s1. The van der Waals surface area contributed by atoms with Crippen LogP contribution in [0.5, 0.6) is 0 Å². The van der Waals surface area contributed by atoms with Gasteiger partial charge in [-0.2, -0.15) is 0 Å². The summed E-state index contributed by atoms with van der Waals surface area (Å²) in [5, 5.41) is 15.5. The van der Waals surface area contributed by atoms with E-state index >= 15 is 8.78 Å². The van der Waals surface area contributed by atoms with Crippen molar-refractivity contribution < 1.29 is 55.4 Å². The van der Waals surface area contributed by atoms with Crippen LogP contribution in [0, 0.1) is 90.5 Å². The molecule has 2 aromatic heterocycles. The largest absolute Gasteiger partial charge is 0.481 e. The van der Waals surface area contributed by atoms with Crippen LogP contribution in [0.1, 0.15) is 164 Å². The van der Waals surface area contributed by atoms with Crippen molar-refractivity contribution in [2.24, 2.45) is 11.8 Å². The van der Waals surface area contributed by atoms with Crippen LogP contribution in [0.2, 0.25) is 0 Å². The Morgan fingerprint density at radius 3 is 1.24 bits per heavy atom. The van der Waals surface area contributed by atoms with E-state index in [0.717, 1.165) is 27.8 Å². The van der Waals surface area contributed by atoms with E-state index in [4.69, 9.17) is 4.74 Å². The maximum absolute atomic E-state index is 16.0. The lowest BCUT2D eigenvalue weighted by molar-refractivity contribution is -0.144. The molecule has 2 unspecified atom stereocenters. The molecule has 2 aliphatic rings. The van der Waals surface area contributed by atoms with Crippen LogP contribution in [0.15, 0.2) is 82.6 Å². The zero-order valence-corrected chi connectivity index (χ0v) is 56.5. The Kier molecular flexibility index (Phi) is 25.5. The second-order valence-electron chi connectivity index (χ2n) is 26.6. The quantitative estimate of drug-likeness (QED) is 0.0370. The molecule has 20 heteroatoms. The number of likely N-dealkylation sites (tertiary alicyclic amines) is 2. The van der Waals surface area contributed by atoms with Crippen LogP contribution >= 0.6 is 0 Å². The first-order valence-electron chi connectivity index (χ1n) is 32.6. The average molecular weight is 1310 g/mol. The lowest BCUT2D eigenvalue weighted by Gasteiger charge is -2.27. The number of carboxylic acid groups (broad SMARTS) is 1. The molecule has 94 heavy (non-hydrogen) atoms. The zero-order chi connectivity index (χ0) is 69.2. The lowest BCUT2D eigenvalue weighted by Crippen LogP contribution is -2.40. The molecule has 3 N–H and O–H groups in total. The fourth-order valence-corrected chi connectivity index (χ4v) is 13.2. The van der Waals surface area contributed by atoms with Gasteiger partial charge in [0.15, 0.2) is 0 Å². The SMILES string of the molecule is CCOC(=O)C[C@H](NC(=O)C(CC(C)C)n1cc(CCN2CC[C@@H](F)C2)c(C)cc1=O)c1cc(-c2c(C)cc(F)cc2C)cc(C)c1F.Cc1cc(=O)n(C(CC(C)C)C(=O)N[C@@H](CC(=O)O)c2cc(-c3c(C)cc(F)cc3C)cc(C)c2F)cc1CCN1CC[C@@H](F)C1. The van der Waals surface area contributed by atoms with Gasteiger partial charge in [-0.15, -0.1) is 0 Å². The van der Waals surface area contributed by atoms with Gasteiger partial charge in [0.25, 0.3) is 11.1 Å². The van der Waals surface area contributed by atoms with Gasteiger partial charge in [-0.05, 0) is 239 Å². The molecule has 0 spiro atoms. The molecule has 4 aromatic carbocycles. The Labute approximate surface area is 548 Å². The molecular weight excluding hydrogens is 1210 g/mol. The second kappa shape index (κ2) is 32.5. The molecule has 6 atom stereocenters. The fourth-order valence-electron chi connectivity index (χ4n) is 13.2. The number of amides is 2. The average Bonchev–Trinajstić information content (AvgIpc) is 0.906. The van der Waals surface area contributed by atoms with Crippen molar-refractivity contribution in [1.29, 1.82) is 0 Å². The van der Waals surface area contributed by atoms with Gasteiger partial charge < -0.3 is 39.4 Å². The number of benzene rings is 4. The Morgan fingerprint density at radius 2 is 0.915 bits per heavy atom. The topological polar surface area (TPSA) is 172 Å².